The highest BCUT2D eigenvalue weighted by Crippen LogP contribution is 2.16. The van der Waals surface area contributed by atoms with Gasteiger partial charge in [-0.1, -0.05) is 12.1 Å². The van der Waals surface area contributed by atoms with Crippen molar-refractivity contribution in [3.63, 3.8) is 0 Å². The molecule has 1 N–H and O–H groups in total. The van der Waals surface area contributed by atoms with Gasteiger partial charge in [-0.15, -0.1) is 0 Å². The number of rotatable bonds is 6. The number of anilines is 1. The Bertz CT molecular complexity index is 740. The minimum absolute atomic E-state index is 0.000764. The molecule has 1 amide bonds. The van der Waals surface area contributed by atoms with Gasteiger partial charge in [0.1, 0.15) is 0 Å². The van der Waals surface area contributed by atoms with Crippen LogP contribution in [0.25, 0.3) is 0 Å². The number of amides is 1. The third kappa shape index (κ3) is 4.43. The highest BCUT2D eigenvalue weighted by molar-refractivity contribution is 5.90. The zero-order valence-electron chi connectivity index (χ0n) is 13.9. The van der Waals surface area contributed by atoms with Crippen molar-refractivity contribution in [1.29, 1.82) is 5.26 Å². The number of nitrogens with one attached hydrogen (secondary N) is 1. The van der Waals surface area contributed by atoms with E-state index in [2.05, 4.69) is 16.5 Å². The third-order valence-electron chi connectivity index (χ3n) is 3.87. The first-order valence-electron chi connectivity index (χ1n) is 7.77. The molecule has 2 rings (SSSR count). The van der Waals surface area contributed by atoms with Gasteiger partial charge < -0.3 is 5.32 Å². The van der Waals surface area contributed by atoms with E-state index in [-0.39, 0.29) is 5.91 Å². The number of aryl methyl sites for hydroxylation is 3. The summed E-state index contributed by atoms with van der Waals surface area (Å²) >= 11 is 0. The Balaban J connectivity index is 1.96. The SMILES string of the molecule is Cc1cccc(NC(=O)CCc2c(C)nn(CCC#N)c2C)c1. The normalized spacial score (nSPS) is 10.3. The quantitative estimate of drug-likeness (QED) is 0.890. The summed E-state index contributed by atoms with van der Waals surface area (Å²) in [6.07, 6.45) is 1.51. The molecule has 5 heteroatoms. The second-order valence-electron chi connectivity index (χ2n) is 5.70. The Morgan fingerprint density at radius 1 is 1.35 bits per heavy atom. The van der Waals surface area contributed by atoms with Crippen molar-refractivity contribution in [1.82, 2.24) is 9.78 Å². The summed E-state index contributed by atoms with van der Waals surface area (Å²) in [6.45, 7) is 6.53. The van der Waals surface area contributed by atoms with Crippen LogP contribution in [0.15, 0.2) is 24.3 Å². The fourth-order valence-electron chi connectivity index (χ4n) is 2.65. The molecule has 23 heavy (non-hydrogen) atoms. The van der Waals surface area contributed by atoms with E-state index >= 15 is 0 Å². The Labute approximate surface area is 136 Å². The van der Waals surface area contributed by atoms with Crippen LogP contribution in [-0.2, 0) is 17.8 Å². The zero-order chi connectivity index (χ0) is 16.8. The lowest BCUT2D eigenvalue weighted by Gasteiger charge is -2.07. The molecule has 0 aliphatic rings. The summed E-state index contributed by atoms with van der Waals surface area (Å²) in [6, 6.07) is 9.90. The zero-order valence-corrected chi connectivity index (χ0v) is 13.9. The monoisotopic (exact) mass is 310 g/mol. The molecule has 1 heterocycles. The van der Waals surface area contributed by atoms with Crippen LogP contribution in [0.1, 0.15) is 35.4 Å². The molecule has 5 nitrogen and oxygen atoms in total. The van der Waals surface area contributed by atoms with E-state index in [1.165, 1.54) is 0 Å². The third-order valence-corrected chi connectivity index (χ3v) is 3.87. The van der Waals surface area contributed by atoms with Gasteiger partial charge in [-0.3, -0.25) is 9.48 Å². The second-order valence-corrected chi connectivity index (χ2v) is 5.70. The highest BCUT2D eigenvalue weighted by Gasteiger charge is 2.13. The minimum Gasteiger partial charge on any atom is -0.326 e. The molecule has 0 atom stereocenters. The van der Waals surface area contributed by atoms with Crippen molar-refractivity contribution in [2.75, 3.05) is 5.32 Å². The second kappa shape index (κ2) is 7.59. The molecule has 1 aromatic heterocycles. The van der Waals surface area contributed by atoms with E-state index in [9.17, 15) is 4.79 Å². The average Bonchev–Trinajstić information content (AvgIpc) is 2.77. The highest BCUT2D eigenvalue weighted by atomic mass is 16.1. The van der Waals surface area contributed by atoms with Gasteiger partial charge in [0, 0.05) is 17.8 Å². The molecule has 0 aliphatic carbocycles. The number of carbonyl (C=O) groups is 1. The molecular weight excluding hydrogens is 288 g/mol. The van der Waals surface area contributed by atoms with Gasteiger partial charge in [-0.25, -0.2) is 0 Å². The molecule has 0 spiro atoms. The van der Waals surface area contributed by atoms with E-state index in [0.29, 0.717) is 25.8 Å². The van der Waals surface area contributed by atoms with E-state index in [1.807, 2.05) is 49.7 Å². The molecule has 1 aromatic carbocycles. The van der Waals surface area contributed by atoms with Crippen molar-refractivity contribution in [2.45, 2.75) is 46.6 Å². The van der Waals surface area contributed by atoms with Gasteiger partial charge in [-0.2, -0.15) is 10.4 Å². The van der Waals surface area contributed by atoms with Crippen molar-refractivity contribution >= 4 is 11.6 Å². The summed E-state index contributed by atoms with van der Waals surface area (Å²) in [5.74, 6) is -0.000764. The maximum atomic E-state index is 12.1. The Morgan fingerprint density at radius 3 is 2.83 bits per heavy atom. The molecule has 0 radical (unpaired) electrons. The molecule has 0 saturated heterocycles. The number of nitriles is 1. The largest absolute Gasteiger partial charge is 0.326 e. The number of carbonyl (C=O) groups excluding carboxylic acids is 1. The smallest absolute Gasteiger partial charge is 0.224 e. The standard InChI is InChI=1S/C18H22N4O/c1-13-6-4-7-16(12-13)20-18(23)9-8-17-14(2)21-22(15(17)3)11-5-10-19/h4,6-7,12H,5,8-9,11H2,1-3H3,(H,20,23). The molecular formula is C18H22N4O. The lowest BCUT2D eigenvalue weighted by atomic mass is 10.1. The van der Waals surface area contributed by atoms with Crippen molar-refractivity contribution in [3.8, 4) is 6.07 Å². The van der Waals surface area contributed by atoms with Gasteiger partial charge in [0.15, 0.2) is 0 Å². The van der Waals surface area contributed by atoms with Crippen LogP contribution in [0.3, 0.4) is 0 Å². The van der Waals surface area contributed by atoms with Gasteiger partial charge >= 0.3 is 0 Å². The first-order chi connectivity index (χ1) is 11.0. The topological polar surface area (TPSA) is 70.7 Å². The van der Waals surface area contributed by atoms with Crippen LogP contribution in [0, 0.1) is 32.1 Å². The fourth-order valence-corrected chi connectivity index (χ4v) is 2.65. The van der Waals surface area contributed by atoms with E-state index in [1.54, 1.807) is 0 Å². The Kier molecular flexibility index (Phi) is 5.53. The summed E-state index contributed by atoms with van der Waals surface area (Å²) in [7, 11) is 0. The molecule has 2 aromatic rings. The van der Waals surface area contributed by atoms with Crippen LogP contribution in [0.4, 0.5) is 5.69 Å². The summed E-state index contributed by atoms with van der Waals surface area (Å²) in [5, 5.41) is 16.1. The average molecular weight is 310 g/mol. The predicted octanol–water partition coefficient (Wildman–Crippen LogP) is 3.29. The molecule has 0 unspecified atom stereocenters. The molecule has 0 saturated carbocycles. The molecule has 120 valence electrons. The van der Waals surface area contributed by atoms with Crippen LogP contribution >= 0.6 is 0 Å². The number of hydrogen-bond donors (Lipinski definition) is 1. The summed E-state index contributed by atoms with van der Waals surface area (Å²) < 4.78 is 1.85. The van der Waals surface area contributed by atoms with Gasteiger partial charge in [0.2, 0.25) is 5.91 Å². The van der Waals surface area contributed by atoms with Gasteiger partial charge in [0.25, 0.3) is 0 Å². The lowest BCUT2D eigenvalue weighted by Crippen LogP contribution is -2.12. The lowest BCUT2D eigenvalue weighted by molar-refractivity contribution is -0.116. The first kappa shape index (κ1) is 16.8. The predicted molar refractivity (Wildman–Crippen MR) is 90.1 cm³/mol. The minimum atomic E-state index is -0.000764. The van der Waals surface area contributed by atoms with Gasteiger partial charge in [-0.05, 0) is 50.5 Å². The molecule has 0 aliphatic heterocycles. The van der Waals surface area contributed by atoms with Gasteiger partial charge in [0.05, 0.1) is 24.7 Å². The number of hydrogen-bond acceptors (Lipinski definition) is 3. The van der Waals surface area contributed by atoms with Crippen LogP contribution in [-0.4, -0.2) is 15.7 Å². The Morgan fingerprint density at radius 2 is 2.13 bits per heavy atom. The van der Waals surface area contributed by atoms with E-state index in [0.717, 1.165) is 28.2 Å². The Hall–Kier alpha value is -2.61. The molecule has 0 fully saturated rings. The van der Waals surface area contributed by atoms with Crippen molar-refractivity contribution < 1.29 is 4.79 Å². The van der Waals surface area contributed by atoms with Crippen molar-refractivity contribution in [3.05, 3.63) is 46.8 Å². The molecule has 0 bridgehead atoms. The van der Waals surface area contributed by atoms with Crippen LogP contribution in [0.5, 0.6) is 0 Å². The fraction of sp³-hybridized carbons (Fsp3) is 0.389. The number of benzene rings is 1. The number of nitrogens with zero attached hydrogens (tertiary/aromatic N) is 3. The summed E-state index contributed by atoms with van der Waals surface area (Å²) in [4.78, 5) is 12.1. The summed E-state index contributed by atoms with van der Waals surface area (Å²) in [5.41, 5.74) is 5.02. The van der Waals surface area contributed by atoms with Crippen LogP contribution in [0.2, 0.25) is 0 Å². The maximum Gasteiger partial charge on any atom is 0.224 e. The van der Waals surface area contributed by atoms with E-state index < -0.39 is 0 Å². The first-order valence-corrected chi connectivity index (χ1v) is 7.77. The van der Waals surface area contributed by atoms with E-state index in [4.69, 9.17) is 5.26 Å². The van der Waals surface area contributed by atoms with Crippen LogP contribution < -0.4 is 5.32 Å². The number of aromatic nitrogens is 2. The van der Waals surface area contributed by atoms with Crippen molar-refractivity contribution in [2.24, 2.45) is 0 Å². The maximum absolute atomic E-state index is 12.1.